The second-order valence-electron chi connectivity index (χ2n) is 7.33. The molecule has 2 aliphatic heterocycles. The molecule has 2 aliphatic rings. The summed E-state index contributed by atoms with van der Waals surface area (Å²) in [7, 11) is 6.52. The van der Waals surface area contributed by atoms with Crippen LogP contribution < -0.4 is 19.9 Å². The van der Waals surface area contributed by atoms with Crippen molar-refractivity contribution in [2.75, 3.05) is 34.4 Å². The minimum Gasteiger partial charge on any atom is -0.493 e. The van der Waals surface area contributed by atoms with Crippen molar-refractivity contribution in [1.29, 1.82) is 0 Å². The highest BCUT2D eigenvalue weighted by molar-refractivity contribution is 5.55. The summed E-state index contributed by atoms with van der Waals surface area (Å²) in [6, 6.07) is 3.89. The standard InChI is InChI=1S/C19H26N4O5/c1-21-18(24)23-12-19(28-10-15(23)20-21)7-8-22(11-19)9-13-5-6-14(25-2)17(27-4)16(13)26-3/h5-6H,7-12H2,1-4H3. The maximum atomic E-state index is 12.3. The van der Waals surface area contributed by atoms with Crippen molar-refractivity contribution in [3.8, 4) is 17.2 Å². The third kappa shape index (κ3) is 3.04. The first-order chi connectivity index (χ1) is 13.5. The molecule has 0 aliphatic carbocycles. The number of fused-ring (bicyclic) bond motifs is 1. The van der Waals surface area contributed by atoms with Crippen LogP contribution in [0.1, 0.15) is 17.8 Å². The van der Waals surface area contributed by atoms with Gasteiger partial charge in [-0.2, -0.15) is 5.10 Å². The summed E-state index contributed by atoms with van der Waals surface area (Å²) in [6.45, 7) is 3.22. The number of nitrogens with zero attached hydrogens (tertiary/aromatic N) is 4. The number of aromatic nitrogens is 3. The Kier molecular flexibility index (Phi) is 4.80. The van der Waals surface area contributed by atoms with E-state index in [-0.39, 0.29) is 11.3 Å². The number of aryl methyl sites for hydroxylation is 1. The van der Waals surface area contributed by atoms with Crippen LogP contribution in [0.2, 0.25) is 0 Å². The summed E-state index contributed by atoms with van der Waals surface area (Å²) >= 11 is 0. The van der Waals surface area contributed by atoms with E-state index in [0.29, 0.717) is 42.8 Å². The lowest BCUT2D eigenvalue weighted by atomic mass is 10.0. The van der Waals surface area contributed by atoms with Crippen LogP contribution in [0.3, 0.4) is 0 Å². The summed E-state index contributed by atoms with van der Waals surface area (Å²) in [5, 5.41) is 4.24. The molecular weight excluding hydrogens is 364 g/mol. The fourth-order valence-corrected chi connectivity index (χ4v) is 4.21. The minimum atomic E-state index is -0.357. The predicted octanol–water partition coefficient (Wildman–Crippen LogP) is 0.782. The Morgan fingerprint density at radius 3 is 2.64 bits per heavy atom. The Bertz CT molecular complexity index is 937. The van der Waals surface area contributed by atoms with Crippen molar-refractivity contribution >= 4 is 0 Å². The zero-order valence-corrected chi connectivity index (χ0v) is 16.7. The Morgan fingerprint density at radius 2 is 1.93 bits per heavy atom. The molecule has 1 aromatic heterocycles. The van der Waals surface area contributed by atoms with Gasteiger partial charge in [0.05, 0.1) is 27.9 Å². The van der Waals surface area contributed by atoms with Crippen LogP contribution in [0.25, 0.3) is 0 Å². The SMILES string of the molecule is COc1ccc(CN2CCC3(C2)Cn2c(nn(C)c2=O)CO3)c(OC)c1OC. The molecule has 1 saturated heterocycles. The molecule has 152 valence electrons. The van der Waals surface area contributed by atoms with E-state index in [4.69, 9.17) is 18.9 Å². The number of methoxy groups -OCH3 is 3. The lowest BCUT2D eigenvalue weighted by Gasteiger charge is -2.33. The molecule has 1 fully saturated rings. The van der Waals surface area contributed by atoms with Gasteiger partial charge < -0.3 is 18.9 Å². The summed E-state index contributed by atoms with van der Waals surface area (Å²) in [6.07, 6.45) is 0.864. The molecule has 0 radical (unpaired) electrons. The topological polar surface area (TPSA) is 80.0 Å². The Hall–Kier alpha value is -2.52. The van der Waals surface area contributed by atoms with Crippen LogP contribution in [0.15, 0.2) is 16.9 Å². The van der Waals surface area contributed by atoms with Crippen LogP contribution in [-0.4, -0.2) is 59.3 Å². The van der Waals surface area contributed by atoms with Crippen LogP contribution >= 0.6 is 0 Å². The molecule has 9 nitrogen and oxygen atoms in total. The molecule has 1 atom stereocenters. The van der Waals surface area contributed by atoms with E-state index in [1.165, 1.54) is 4.68 Å². The number of hydrogen-bond donors (Lipinski definition) is 0. The highest BCUT2D eigenvalue weighted by atomic mass is 16.5. The van der Waals surface area contributed by atoms with Crippen molar-refractivity contribution in [1.82, 2.24) is 19.2 Å². The predicted molar refractivity (Wildman–Crippen MR) is 101 cm³/mol. The van der Waals surface area contributed by atoms with Crippen LogP contribution in [0, 0.1) is 0 Å². The molecule has 1 spiro atoms. The Balaban J connectivity index is 1.53. The molecule has 0 N–H and O–H groups in total. The lowest BCUT2D eigenvalue weighted by Crippen LogP contribution is -2.46. The first-order valence-electron chi connectivity index (χ1n) is 9.27. The van der Waals surface area contributed by atoms with Gasteiger partial charge in [0.1, 0.15) is 12.2 Å². The quantitative estimate of drug-likeness (QED) is 0.746. The molecule has 0 saturated carbocycles. The second kappa shape index (κ2) is 7.14. The zero-order chi connectivity index (χ0) is 19.9. The fraction of sp³-hybridized carbons (Fsp3) is 0.579. The lowest BCUT2D eigenvalue weighted by molar-refractivity contribution is -0.0832. The van der Waals surface area contributed by atoms with Gasteiger partial charge in [-0.05, 0) is 12.5 Å². The largest absolute Gasteiger partial charge is 0.493 e. The molecule has 4 rings (SSSR count). The summed E-state index contributed by atoms with van der Waals surface area (Å²) in [5.74, 6) is 2.60. The van der Waals surface area contributed by atoms with E-state index in [9.17, 15) is 4.79 Å². The molecule has 2 aromatic rings. The third-order valence-corrected chi connectivity index (χ3v) is 5.61. The van der Waals surface area contributed by atoms with Gasteiger partial charge in [0.2, 0.25) is 5.75 Å². The van der Waals surface area contributed by atoms with Gasteiger partial charge in [-0.3, -0.25) is 9.47 Å². The van der Waals surface area contributed by atoms with Gasteiger partial charge >= 0.3 is 5.69 Å². The van der Waals surface area contributed by atoms with E-state index in [2.05, 4.69) is 10.00 Å². The normalized spacial score (nSPS) is 21.7. The number of likely N-dealkylation sites (tertiary alicyclic amines) is 1. The van der Waals surface area contributed by atoms with Gasteiger partial charge in [0.25, 0.3) is 0 Å². The molecule has 0 amide bonds. The number of ether oxygens (including phenoxy) is 4. The van der Waals surface area contributed by atoms with Crippen LogP contribution in [0.4, 0.5) is 0 Å². The van der Waals surface area contributed by atoms with E-state index >= 15 is 0 Å². The Morgan fingerprint density at radius 1 is 1.14 bits per heavy atom. The molecular formula is C19H26N4O5. The number of rotatable bonds is 5. The van der Waals surface area contributed by atoms with Crippen LogP contribution in [-0.2, 0) is 31.5 Å². The second-order valence-corrected chi connectivity index (χ2v) is 7.33. The van der Waals surface area contributed by atoms with Crippen LogP contribution in [0.5, 0.6) is 17.2 Å². The van der Waals surface area contributed by atoms with Crippen molar-refractivity contribution in [3.63, 3.8) is 0 Å². The maximum Gasteiger partial charge on any atom is 0.345 e. The number of benzene rings is 1. The fourth-order valence-electron chi connectivity index (χ4n) is 4.21. The van der Waals surface area contributed by atoms with E-state index < -0.39 is 0 Å². The third-order valence-electron chi connectivity index (χ3n) is 5.61. The van der Waals surface area contributed by atoms with Crippen molar-refractivity contribution < 1.29 is 18.9 Å². The monoisotopic (exact) mass is 390 g/mol. The average Bonchev–Trinajstić information content (AvgIpc) is 3.22. The van der Waals surface area contributed by atoms with Gasteiger partial charge in [0, 0.05) is 32.2 Å². The molecule has 3 heterocycles. The molecule has 28 heavy (non-hydrogen) atoms. The molecule has 0 bridgehead atoms. The summed E-state index contributed by atoms with van der Waals surface area (Å²) in [5.41, 5.74) is 0.578. The minimum absolute atomic E-state index is 0.0855. The van der Waals surface area contributed by atoms with Crippen molar-refractivity contribution in [2.24, 2.45) is 7.05 Å². The Labute approximate surface area is 163 Å². The average molecular weight is 390 g/mol. The first-order valence-corrected chi connectivity index (χ1v) is 9.27. The summed E-state index contributed by atoms with van der Waals surface area (Å²) in [4.78, 5) is 14.6. The van der Waals surface area contributed by atoms with Crippen molar-refractivity contribution in [3.05, 3.63) is 34.0 Å². The van der Waals surface area contributed by atoms with Gasteiger partial charge in [-0.15, -0.1) is 0 Å². The van der Waals surface area contributed by atoms with E-state index in [1.807, 2.05) is 12.1 Å². The van der Waals surface area contributed by atoms with Gasteiger partial charge in [-0.1, -0.05) is 6.07 Å². The smallest absolute Gasteiger partial charge is 0.345 e. The molecule has 1 unspecified atom stereocenters. The highest BCUT2D eigenvalue weighted by Gasteiger charge is 2.43. The first kappa shape index (κ1) is 18.8. The molecule has 1 aromatic carbocycles. The highest BCUT2D eigenvalue weighted by Crippen LogP contribution is 2.41. The van der Waals surface area contributed by atoms with Crippen molar-refractivity contribution in [2.45, 2.75) is 31.7 Å². The van der Waals surface area contributed by atoms with Gasteiger partial charge in [0.15, 0.2) is 17.3 Å². The number of hydrogen-bond acceptors (Lipinski definition) is 7. The van der Waals surface area contributed by atoms with E-state index in [1.54, 1.807) is 32.9 Å². The zero-order valence-electron chi connectivity index (χ0n) is 16.7. The molecule has 9 heteroatoms. The summed E-state index contributed by atoms with van der Waals surface area (Å²) < 4.78 is 25.7. The maximum absolute atomic E-state index is 12.3. The van der Waals surface area contributed by atoms with E-state index in [0.717, 1.165) is 25.1 Å². The van der Waals surface area contributed by atoms with Gasteiger partial charge in [-0.25, -0.2) is 9.48 Å².